The van der Waals surface area contributed by atoms with Gasteiger partial charge in [0.1, 0.15) is 5.75 Å². The largest absolute Gasteiger partial charge is 0.508 e. The number of hydrogen-bond donors (Lipinski definition) is 2. The van der Waals surface area contributed by atoms with E-state index in [4.69, 9.17) is 0 Å². The van der Waals surface area contributed by atoms with Gasteiger partial charge in [0.15, 0.2) is 0 Å². The molecule has 0 spiro atoms. The highest BCUT2D eigenvalue weighted by Crippen LogP contribution is 2.20. The van der Waals surface area contributed by atoms with Crippen LogP contribution in [0.15, 0.2) is 47.4 Å². The maximum atomic E-state index is 12.4. The van der Waals surface area contributed by atoms with Gasteiger partial charge in [0.05, 0.1) is 5.56 Å². The van der Waals surface area contributed by atoms with Crippen LogP contribution in [-0.2, 0) is 0 Å². The quantitative estimate of drug-likeness (QED) is 0.869. The molecular formula is C16H17N3O3. The summed E-state index contributed by atoms with van der Waals surface area (Å²) in [5.74, 6) is 0.178. The van der Waals surface area contributed by atoms with Gasteiger partial charge in [-0.25, -0.2) is 0 Å². The number of aromatic amines is 1. The number of benzene rings is 1. The number of aromatic hydroxyl groups is 1. The zero-order valence-corrected chi connectivity index (χ0v) is 12.0. The van der Waals surface area contributed by atoms with Crippen LogP contribution in [0.25, 0.3) is 0 Å². The van der Waals surface area contributed by atoms with Crippen molar-refractivity contribution in [1.29, 1.82) is 0 Å². The molecule has 1 aliphatic rings. The Hall–Kier alpha value is -2.76. The number of H-pyrrole nitrogens is 1. The van der Waals surface area contributed by atoms with Crippen LogP contribution >= 0.6 is 0 Å². The molecule has 0 aliphatic carbocycles. The molecule has 0 unspecified atom stereocenters. The Labute approximate surface area is 127 Å². The summed E-state index contributed by atoms with van der Waals surface area (Å²) in [7, 11) is 0. The molecule has 0 radical (unpaired) electrons. The zero-order valence-electron chi connectivity index (χ0n) is 12.0. The Morgan fingerprint density at radius 1 is 1.00 bits per heavy atom. The molecule has 2 N–H and O–H groups in total. The van der Waals surface area contributed by atoms with E-state index in [1.165, 1.54) is 12.3 Å². The van der Waals surface area contributed by atoms with Gasteiger partial charge >= 0.3 is 0 Å². The summed E-state index contributed by atoms with van der Waals surface area (Å²) < 4.78 is 0. The third kappa shape index (κ3) is 2.95. The van der Waals surface area contributed by atoms with Crippen LogP contribution in [0.3, 0.4) is 0 Å². The van der Waals surface area contributed by atoms with Gasteiger partial charge < -0.3 is 19.9 Å². The van der Waals surface area contributed by atoms with Crippen molar-refractivity contribution >= 4 is 11.6 Å². The van der Waals surface area contributed by atoms with Gasteiger partial charge in [-0.3, -0.25) is 9.59 Å². The average Bonchev–Trinajstić information content (AvgIpc) is 2.56. The predicted octanol–water partition coefficient (Wildman–Crippen LogP) is 1.04. The maximum Gasteiger partial charge on any atom is 0.255 e. The minimum atomic E-state index is -0.214. The van der Waals surface area contributed by atoms with E-state index in [0.717, 1.165) is 18.8 Å². The summed E-state index contributed by atoms with van der Waals surface area (Å²) in [6.45, 7) is 2.72. The summed E-state index contributed by atoms with van der Waals surface area (Å²) in [6, 6.07) is 9.97. The first-order valence-corrected chi connectivity index (χ1v) is 7.15. The SMILES string of the molecule is O=C(c1ccc(=O)[nH]c1)N1CCN(c2ccc(O)cc2)CC1. The first-order valence-electron chi connectivity index (χ1n) is 7.15. The molecule has 114 valence electrons. The standard InChI is InChI=1S/C16H17N3O3/c20-14-4-2-13(3-5-14)18-7-9-19(10-8-18)16(22)12-1-6-15(21)17-11-12/h1-6,11,20H,7-10H2,(H,17,21). The molecule has 2 heterocycles. The fraction of sp³-hybridized carbons (Fsp3) is 0.250. The molecule has 6 nitrogen and oxygen atoms in total. The molecule has 1 aromatic carbocycles. The van der Waals surface area contributed by atoms with Crippen LogP contribution in [0.1, 0.15) is 10.4 Å². The first kappa shape index (κ1) is 14.2. The number of hydrogen-bond acceptors (Lipinski definition) is 4. The normalized spacial score (nSPS) is 14.9. The number of rotatable bonds is 2. The van der Waals surface area contributed by atoms with E-state index in [9.17, 15) is 14.7 Å². The Morgan fingerprint density at radius 2 is 1.68 bits per heavy atom. The molecule has 6 heteroatoms. The van der Waals surface area contributed by atoms with E-state index < -0.39 is 0 Å². The van der Waals surface area contributed by atoms with E-state index in [-0.39, 0.29) is 17.2 Å². The zero-order chi connectivity index (χ0) is 15.5. The Kier molecular flexibility index (Phi) is 3.82. The second kappa shape index (κ2) is 5.93. The van der Waals surface area contributed by atoms with Crippen LogP contribution in [0.5, 0.6) is 5.75 Å². The summed E-state index contributed by atoms with van der Waals surface area (Å²) in [6.07, 6.45) is 1.46. The van der Waals surface area contributed by atoms with Crippen molar-refractivity contribution in [2.75, 3.05) is 31.1 Å². The summed E-state index contributed by atoms with van der Waals surface area (Å²) in [4.78, 5) is 29.9. The third-order valence-corrected chi connectivity index (χ3v) is 3.81. The number of carbonyl (C=O) groups excluding carboxylic acids is 1. The van der Waals surface area contributed by atoms with Crippen molar-refractivity contribution in [3.8, 4) is 5.75 Å². The van der Waals surface area contributed by atoms with Crippen LogP contribution in [0, 0.1) is 0 Å². The van der Waals surface area contributed by atoms with Crippen LogP contribution in [-0.4, -0.2) is 47.1 Å². The molecule has 1 fully saturated rings. The lowest BCUT2D eigenvalue weighted by atomic mass is 10.2. The van der Waals surface area contributed by atoms with E-state index in [1.54, 1.807) is 23.1 Å². The van der Waals surface area contributed by atoms with Gasteiger partial charge in [0.2, 0.25) is 5.56 Å². The number of piperazine rings is 1. The molecule has 1 aromatic heterocycles. The maximum absolute atomic E-state index is 12.4. The van der Waals surface area contributed by atoms with Gasteiger partial charge in [-0.1, -0.05) is 0 Å². The molecule has 0 atom stereocenters. The van der Waals surface area contributed by atoms with Crippen molar-refractivity contribution in [3.63, 3.8) is 0 Å². The lowest BCUT2D eigenvalue weighted by molar-refractivity contribution is 0.0746. The van der Waals surface area contributed by atoms with Gasteiger partial charge in [-0.15, -0.1) is 0 Å². The molecule has 1 amide bonds. The van der Waals surface area contributed by atoms with Crippen LogP contribution in [0.4, 0.5) is 5.69 Å². The van der Waals surface area contributed by atoms with Crippen molar-refractivity contribution in [1.82, 2.24) is 9.88 Å². The van der Waals surface area contributed by atoms with Gasteiger partial charge in [-0.05, 0) is 30.3 Å². The lowest BCUT2D eigenvalue weighted by Gasteiger charge is -2.36. The highest BCUT2D eigenvalue weighted by molar-refractivity contribution is 5.94. The average molecular weight is 299 g/mol. The molecule has 2 aromatic rings. The smallest absolute Gasteiger partial charge is 0.255 e. The topological polar surface area (TPSA) is 76.6 Å². The minimum absolute atomic E-state index is 0.0680. The fourth-order valence-corrected chi connectivity index (χ4v) is 2.56. The summed E-state index contributed by atoms with van der Waals surface area (Å²) in [5.41, 5.74) is 1.32. The molecule has 22 heavy (non-hydrogen) atoms. The van der Waals surface area contributed by atoms with Crippen molar-refractivity contribution in [2.24, 2.45) is 0 Å². The Morgan fingerprint density at radius 3 is 2.27 bits per heavy atom. The highest BCUT2D eigenvalue weighted by Gasteiger charge is 2.22. The fourth-order valence-electron chi connectivity index (χ4n) is 2.56. The molecule has 1 aliphatic heterocycles. The van der Waals surface area contributed by atoms with Crippen molar-refractivity contribution < 1.29 is 9.90 Å². The summed E-state index contributed by atoms with van der Waals surface area (Å²) >= 11 is 0. The third-order valence-electron chi connectivity index (χ3n) is 3.81. The number of nitrogens with zero attached hydrogens (tertiary/aromatic N) is 2. The van der Waals surface area contributed by atoms with Crippen molar-refractivity contribution in [3.05, 3.63) is 58.5 Å². The number of carbonyl (C=O) groups is 1. The molecule has 0 saturated carbocycles. The van der Waals surface area contributed by atoms with E-state index in [1.807, 2.05) is 12.1 Å². The summed E-state index contributed by atoms with van der Waals surface area (Å²) in [5, 5.41) is 9.32. The Bertz CT molecular complexity index is 696. The van der Waals surface area contributed by atoms with Crippen molar-refractivity contribution in [2.45, 2.75) is 0 Å². The minimum Gasteiger partial charge on any atom is -0.508 e. The van der Waals surface area contributed by atoms with Gasteiger partial charge in [-0.2, -0.15) is 0 Å². The number of pyridine rings is 1. The van der Waals surface area contributed by atoms with Crippen LogP contribution < -0.4 is 10.5 Å². The Balaban J connectivity index is 1.64. The number of phenols is 1. The van der Waals surface area contributed by atoms with Crippen LogP contribution in [0.2, 0.25) is 0 Å². The number of phenolic OH excluding ortho intramolecular Hbond substituents is 1. The van der Waals surface area contributed by atoms with E-state index in [0.29, 0.717) is 18.7 Å². The number of aromatic nitrogens is 1. The second-order valence-corrected chi connectivity index (χ2v) is 5.24. The second-order valence-electron chi connectivity index (χ2n) is 5.24. The molecule has 0 bridgehead atoms. The molecule has 1 saturated heterocycles. The number of anilines is 1. The monoisotopic (exact) mass is 299 g/mol. The highest BCUT2D eigenvalue weighted by atomic mass is 16.3. The van der Waals surface area contributed by atoms with Gasteiger partial charge in [0.25, 0.3) is 5.91 Å². The number of amides is 1. The molecular weight excluding hydrogens is 282 g/mol. The predicted molar refractivity (Wildman–Crippen MR) is 83.3 cm³/mol. The van der Waals surface area contributed by atoms with E-state index >= 15 is 0 Å². The lowest BCUT2D eigenvalue weighted by Crippen LogP contribution is -2.48. The van der Waals surface area contributed by atoms with Gasteiger partial charge in [0, 0.05) is 44.1 Å². The van der Waals surface area contributed by atoms with E-state index in [2.05, 4.69) is 9.88 Å². The number of nitrogens with one attached hydrogen (secondary N) is 1. The molecule has 3 rings (SSSR count). The first-order chi connectivity index (χ1) is 10.6.